The summed E-state index contributed by atoms with van der Waals surface area (Å²) in [6, 6.07) is 12.7. The van der Waals surface area contributed by atoms with Gasteiger partial charge in [-0.05, 0) is 35.4 Å². The summed E-state index contributed by atoms with van der Waals surface area (Å²) in [6.45, 7) is 0.339. The van der Waals surface area contributed by atoms with Crippen LogP contribution >= 0.6 is 11.6 Å². The zero-order valence-electron chi connectivity index (χ0n) is 11.4. The van der Waals surface area contributed by atoms with E-state index >= 15 is 0 Å². The molecule has 5 heteroatoms. The van der Waals surface area contributed by atoms with Gasteiger partial charge in [-0.1, -0.05) is 35.9 Å². The first-order valence-corrected chi connectivity index (χ1v) is 7.01. The third-order valence-electron chi connectivity index (χ3n) is 3.43. The summed E-state index contributed by atoms with van der Waals surface area (Å²) >= 11 is 5.82. The fraction of sp³-hybridized carbons (Fsp3) is 0.0588. The lowest BCUT2D eigenvalue weighted by Gasteiger charge is -2.13. The lowest BCUT2D eigenvalue weighted by atomic mass is 9.98. The zero-order valence-corrected chi connectivity index (χ0v) is 12.2. The van der Waals surface area contributed by atoms with Crippen LogP contribution in [0.1, 0.15) is 5.56 Å². The number of halogens is 2. The van der Waals surface area contributed by atoms with Crippen molar-refractivity contribution in [3.63, 3.8) is 0 Å². The number of benzene rings is 2. The Morgan fingerprint density at radius 3 is 2.18 bits per heavy atom. The third-order valence-corrected chi connectivity index (χ3v) is 3.68. The van der Waals surface area contributed by atoms with Crippen molar-refractivity contribution in [2.75, 3.05) is 5.32 Å². The van der Waals surface area contributed by atoms with Crippen LogP contribution in [0.25, 0.3) is 11.1 Å². The molecule has 110 valence electrons. The number of anilines is 1. The summed E-state index contributed by atoms with van der Waals surface area (Å²) < 4.78 is 12.9. The highest BCUT2D eigenvalue weighted by molar-refractivity contribution is 6.30. The minimum Gasteiger partial charge on any atom is -0.377 e. The first kappa shape index (κ1) is 14.5. The Bertz CT molecular complexity index is 879. The first-order valence-electron chi connectivity index (χ1n) is 6.64. The summed E-state index contributed by atoms with van der Waals surface area (Å²) in [7, 11) is 0. The van der Waals surface area contributed by atoms with Crippen LogP contribution < -0.4 is 16.2 Å². The number of hydrogen-bond acceptors (Lipinski definition) is 3. The van der Waals surface area contributed by atoms with E-state index in [9.17, 15) is 14.0 Å². The molecule has 0 saturated heterocycles. The standard InChI is InChI=1S/C17H11ClFNO2/c18-12-5-3-11(4-6-12)14-15(17(22)16(14)21)20-9-10-1-7-13(19)8-2-10/h1-8,20H,9H2. The Balaban J connectivity index is 1.84. The molecule has 0 radical (unpaired) electrons. The predicted molar refractivity (Wildman–Crippen MR) is 85.5 cm³/mol. The van der Waals surface area contributed by atoms with Gasteiger partial charge in [-0.25, -0.2) is 4.39 Å². The molecule has 0 bridgehead atoms. The average Bonchev–Trinajstić information content (AvgIpc) is 2.53. The monoisotopic (exact) mass is 315 g/mol. The number of hydrogen-bond donors (Lipinski definition) is 1. The van der Waals surface area contributed by atoms with E-state index < -0.39 is 10.9 Å². The molecule has 0 fully saturated rings. The minimum absolute atomic E-state index is 0.289. The van der Waals surface area contributed by atoms with Crippen LogP contribution in [0.3, 0.4) is 0 Å². The Morgan fingerprint density at radius 2 is 1.55 bits per heavy atom. The van der Waals surface area contributed by atoms with Gasteiger partial charge in [0, 0.05) is 11.6 Å². The smallest absolute Gasteiger partial charge is 0.250 e. The van der Waals surface area contributed by atoms with Crippen molar-refractivity contribution in [3.8, 4) is 11.1 Å². The van der Waals surface area contributed by atoms with E-state index in [1.165, 1.54) is 12.1 Å². The molecule has 0 aliphatic carbocycles. The van der Waals surface area contributed by atoms with Gasteiger partial charge >= 0.3 is 0 Å². The molecule has 0 aliphatic heterocycles. The molecule has 1 N–H and O–H groups in total. The fourth-order valence-electron chi connectivity index (χ4n) is 2.24. The molecule has 0 aromatic heterocycles. The highest BCUT2D eigenvalue weighted by atomic mass is 35.5. The molecule has 0 unspecified atom stereocenters. The van der Waals surface area contributed by atoms with Crippen LogP contribution in [0, 0.1) is 5.82 Å². The SMILES string of the molecule is O=c1c(NCc2ccc(F)cc2)c(-c2ccc(Cl)cc2)c1=O. The van der Waals surface area contributed by atoms with E-state index in [-0.39, 0.29) is 11.5 Å². The Morgan fingerprint density at radius 1 is 0.909 bits per heavy atom. The van der Waals surface area contributed by atoms with Gasteiger partial charge in [0.05, 0.1) is 11.3 Å². The normalized spacial score (nSPS) is 10.8. The van der Waals surface area contributed by atoms with E-state index in [2.05, 4.69) is 5.32 Å². The van der Waals surface area contributed by atoms with Gasteiger partial charge in [0.15, 0.2) is 0 Å². The van der Waals surface area contributed by atoms with E-state index in [0.29, 0.717) is 22.7 Å². The van der Waals surface area contributed by atoms with Crippen molar-refractivity contribution in [1.29, 1.82) is 0 Å². The topological polar surface area (TPSA) is 46.2 Å². The summed E-state index contributed by atoms with van der Waals surface area (Å²) in [5, 5.41) is 3.51. The maximum Gasteiger partial charge on any atom is 0.250 e. The maximum absolute atomic E-state index is 12.9. The number of rotatable bonds is 4. The van der Waals surface area contributed by atoms with Crippen LogP contribution in [-0.4, -0.2) is 0 Å². The van der Waals surface area contributed by atoms with Crippen LogP contribution in [-0.2, 0) is 6.54 Å². The molecule has 3 rings (SSSR count). The van der Waals surface area contributed by atoms with Crippen LogP contribution in [0.4, 0.5) is 10.1 Å². The van der Waals surface area contributed by atoms with Gasteiger partial charge in [-0.15, -0.1) is 0 Å². The summed E-state index contributed by atoms with van der Waals surface area (Å²) in [5.74, 6) is -0.320. The summed E-state index contributed by atoms with van der Waals surface area (Å²) in [6.07, 6.45) is 0. The summed E-state index contributed by atoms with van der Waals surface area (Å²) in [4.78, 5) is 23.5. The average molecular weight is 316 g/mol. The van der Waals surface area contributed by atoms with E-state index in [0.717, 1.165) is 5.56 Å². The zero-order chi connectivity index (χ0) is 15.7. The second-order valence-electron chi connectivity index (χ2n) is 4.90. The van der Waals surface area contributed by atoms with Crippen molar-refractivity contribution >= 4 is 17.3 Å². The van der Waals surface area contributed by atoms with Gasteiger partial charge in [-0.2, -0.15) is 0 Å². The van der Waals surface area contributed by atoms with Crippen LogP contribution in [0.15, 0.2) is 58.1 Å². The molecule has 0 aliphatic rings. The maximum atomic E-state index is 12.9. The lowest BCUT2D eigenvalue weighted by Crippen LogP contribution is -2.36. The van der Waals surface area contributed by atoms with Crippen molar-refractivity contribution in [2.24, 2.45) is 0 Å². The predicted octanol–water partition coefficient (Wildman–Crippen LogP) is 3.35. The van der Waals surface area contributed by atoms with Crippen LogP contribution in [0.5, 0.6) is 0 Å². The molecule has 22 heavy (non-hydrogen) atoms. The highest BCUT2D eigenvalue weighted by Crippen LogP contribution is 2.25. The van der Waals surface area contributed by atoms with Crippen molar-refractivity contribution in [1.82, 2.24) is 0 Å². The van der Waals surface area contributed by atoms with Gasteiger partial charge in [0.25, 0.3) is 0 Å². The Labute approximate surface area is 130 Å². The van der Waals surface area contributed by atoms with Gasteiger partial charge < -0.3 is 5.32 Å². The molecular weight excluding hydrogens is 305 g/mol. The molecule has 0 heterocycles. The quantitative estimate of drug-likeness (QED) is 0.751. The second kappa shape index (κ2) is 5.73. The summed E-state index contributed by atoms with van der Waals surface area (Å²) in [5.41, 5.74) is 1.07. The van der Waals surface area contributed by atoms with Crippen molar-refractivity contribution in [3.05, 3.63) is 85.4 Å². The Kier molecular flexibility index (Phi) is 3.77. The molecule has 0 spiro atoms. The molecule has 0 saturated carbocycles. The lowest BCUT2D eigenvalue weighted by molar-refractivity contribution is 0.627. The van der Waals surface area contributed by atoms with Crippen molar-refractivity contribution in [2.45, 2.75) is 6.54 Å². The van der Waals surface area contributed by atoms with E-state index in [1.54, 1.807) is 36.4 Å². The molecule has 0 amide bonds. The van der Waals surface area contributed by atoms with Gasteiger partial charge in [0.2, 0.25) is 10.9 Å². The van der Waals surface area contributed by atoms with Crippen LogP contribution in [0.2, 0.25) is 5.02 Å². The van der Waals surface area contributed by atoms with Gasteiger partial charge in [0.1, 0.15) is 5.82 Å². The van der Waals surface area contributed by atoms with E-state index in [1.807, 2.05) is 0 Å². The number of nitrogens with one attached hydrogen (secondary N) is 1. The van der Waals surface area contributed by atoms with Gasteiger partial charge in [-0.3, -0.25) is 9.59 Å². The minimum atomic E-state index is -0.535. The Hall–Kier alpha value is -2.46. The highest BCUT2D eigenvalue weighted by Gasteiger charge is 2.21. The molecule has 0 atom stereocenters. The van der Waals surface area contributed by atoms with E-state index in [4.69, 9.17) is 11.6 Å². The molecule has 3 aromatic rings. The second-order valence-corrected chi connectivity index (χ2v) is 5.33. The molecule has 3 aromatic carbocycles. The molecular formula is C17H11ClFNO2. The van der Waals surface area contributed by atoms with Crippen molar-refractivity contribution < 1.29 is 4.39 Å². The molecule has 3 nitrogen and oxygen atoms in total. The third kappa shape index (κ3) is 2.65. The fourth-order valence-corrected chi connectivity index (χ4v) is 2.37. The first-order chi connectivity index (χ1) is 10.6. The largest absolute Gasteiger partial charge is 0.377 e.